The lowest BCUT2D eigenvalue weighted by atomic mass is 9.94. The van der Waals surface area contributed by atoms with Crippen LogP contribution in [0.3, 0.4) is 0 Å². The van der Waals surface area contributed by atoms with Crippen molar-refractivity contribution >= 4 is 0 Å². The Balaban J connectivity index is 1.59. The molecule has 2 heterocycles. The molecule has 2 atom stereocenters. The number of aromatic hydroxyl groups is 3. The number of fused-ring (bicyclic) bond motifs is 1. The fraction of sp³-hybridized carbons (Fsp3) is 0.227. The highest BCUT2D eigenvalue weighted by Gasteiger charge is 2.32. The van der Waals surface area contributed by atoms with Gasteiger partial charge in [0.2, 0.25) is 0 Å². The quantitative estimate of drug-likeness (QED) is 0.506. The van der Waals surface area contributed by atoms with Crippen LogP contribution in [-0.2, 0) is 13.0 Å². The number of aliphatic hydroxyl groups is 1. The van der Waals surface area contributed by atoms with E-state index in [0.29, 0.717) is 34.1 Å². The maximum atomic E-state index is 10.6. The average Bonchev–Trinajstić information content (AvgIpc) is 2.73. The molecule has 8 nitrogen and oxygen atoms in total. The maximum absolute atomic E-state index is 10.6. The van der Waals surface area contributed by atoms with Gasteiger partial charge in [-0.3, -0.25) is 4.98 Å². The molecule has 0 radical (unpaired) electrons. The molecule has 0 aliphatic carbocycles. The summed E-state index contributed by atoms with van der Waals surface area (Å²) in [7, 11) is 1.52. The number of methoxy groups -OCH3 is 1. The summed E-state index contributed by atoms with van der Waals surface area (Å²) in [6, 6.07) is 11.0. The largest absolute Gasteiger partial charge is 0.508 e. The van der Waals surface area contributed by atoms with E-state index in [-0.39, 0.29) is 30.3 Å². The van der Waals surface area contributed by atoms with Gasteiger partial charge in [-0.2, -0.15) is 0 Å². The van der Waals surface area contributed by atoms with Gasteiger partial charge in [-0.15, -0.1) is 0 Å². The van der Waals surface area contributed by atoms with Crippen molar-refractivity contribution in [2.75, 3.05) is 7.11 Å². The third-order valence-electron chi connectivity index (χ3n) is 4.89. The molecule has 0 spiro atoms. The molecule has 4 N–H and O–H groups in total. The summed E-state index contributed by atoms with van der Waals surface area (Å²) in [5, 5.41) is 39.7. The zero-order valence-electron chi connectivity index (χ0n) is 16.1. The van der Waals surface area contributed by atoms with Crippen molar-refractivity contribution in [3.63, 3.8) is 0 Å². The summed E-state index contributed by atoms with van der Waals surface area (Å²) in [5.41, 5.74) is 1.71. The van der Waals surface area contributed by atoms with Crippen LogP contribution in [0.25, 0.3) is 0 Å². The smallest absolute Gasteiger partial charge is 0.162 e. The molecule has 1 aliphatic heterocycles. The number of rotatable bonds is 5. The fourth-order valence-corrected chi connectivity index (χ4v) is 3.39. The molecule has 0 fully saturated rings. The number of aliphatic hydroxyl groups excluding tert-OH is 1. The molecule has 0 saturated carbocycles. The van der Waals surface area contributed by atoms with Crippen molar-refractivity contribution in [3.05, 3.63) is 65.5 Å². The summed E-state index contributed by atoms with van der Waals surface area (Å²) in [4.78, 5) is 4.09. The highest BCUT2D eigenvalue weighted by molar-refractivity contribution is 5.52. The van der Waals surface area contributed by atoms with Gasteiger partial charge in [0.05, 0.1) is 25.1 Å². The Hall–Kier alpha value is -3.65. The predicted octanol–water partition coefficient (Wildman–Crippen LogP) is 2.82. The van der Waals surface area contributed by atoms with E-state index in [4.69, 9.17) is 14.2 Å². The molecular formula is C22H21NO7. The Morgan fingerprint density at radius 3 is 2.60 bits per heavy atom. The topological polar surface area (TPSA) is 122 Å². The first-order valence-electron chi connectivity index (χ1n) is 9.29. The van der Waals surface area contributed by atoms with Gasteiger partial charge in [-0.25, -0.2) is 0 Å². The summed E-state index contributed by atoms with van der Waals surface area (Å²) in [5.74, 6) is 1.07. The summed E-state index contributed by atoms with van der Waals surface area (Å²) in [6.45, 7) is 0.152. The van der Waals surface area contributed by atoms with Crippen LogP contribution in [0.15, 0.2) is 48.7 Å². The average molecular weight is 411 g/mol. The standard InChI is InChI=1S/C22H21NO7/c1-28-19-5-2-12(6-21(19)29-11-13-3-4-14(24)10-23-13)22-18(27)9-16-17(26)7-15(25)8-20(16)30-22/h2-8,10,18,22,24-27H,9,11H2,1H3. The molecule has 8 heteroatoms. The maximum Gasteiger partial charge on any atom is 0.162 e. The molecule has 0 bridgehead atoms. The summed E-state index contributed by atoms with van der Waals surface area (Å²) < 4.78 is 17.1. The van der Waals surface area contributed by atoms with E-state index in [0.717, 1.165) is 0 Å². The van der Waals surface area contributed by atoms with Crippen molar-refractivity contribution in [2.45, 2.75) is 25.2 Å². The molecule has 0 amide bonds. The van der Waals surface area contributed by atoms with Crippen LogP contribution in [-0.4, -0.2) is 38.6 Å². The van der Waals surface area contributed by atoms with Crippen LogP contribution in [0.2, 0.25) is 0 Å². The Bertz CT molecular complexity index is 1050. The minimum absolute atomic E-state index is 0.0686. The van der Waals surface area contributed by atoms with Gasteiger partial charge in [-0.05, 0) is 29.8 Å². The normalized spacial score (nSPS) is 17.7. The third-order valence-corrected chi connectivity index (χ3v) is 4.89. The van der Waals surface area contributed by atoms with Crippen molar-refractivity contribution < 1.29 is 34.6 Å². The minimum Gasteiger partial charge on any atom is -0.508 e. The first-order valence-corrected chi connectivity index (χ1v) is 9.29. The molecule has 1 aliphatic rings. The summed E-state index contributed by atoms with van der Waals surface area (Å²) in [6.07, 6.45) is -0.126. The molecule has 1 aromatic heterocycles. The molecule has 156 valence electrons. The van der Waals surface area contributed by atoms with E-state index in [1.165, 1.54) is 31.5 Å². The Morgan fingerprint density at radius 1 is 1.03 bits per heavy atom. The number of aromatic nitrogens is 1. The number of pyridine rings is 1. The lowest BCUT2D eigenvalue weighted by Gasteiger charge is -2.31. The number of benzene rings is 2. The van der Waals surface area contributed by atoms with Crippen LogP contribution in [0.4, 0.5) is 0 Å². The van der Waals surface area contributed by atoms with Crippen LogP contribution >= 0.6 is 0 Å². The minimum atomic E-state index is -0.909. The lowest BCUT2D eigenvalue weighted by molar-refractivity contribution is 0.0196. The van der Waals surface area contributed by atoms with E-state index in [9.17, 15) is 20.4 Å². The zero-order chi connectivity index (χ0) is 21.3. The molecule has 2 unspecified atom stereocenters. The van der Waals surface area contributed by atoms with Crippen LogP contribution in [0.5, 0.6) is 34.5 Å². The lowest BCUT2D eigenvalue weighted by Crippen LogP contribution is -2.30. The van der Waals surface area contributed by atoms with Gasteiger partial charge in [0, 0.05) is 24.1 Å². The fourth-order valence-electron chi connectivity index (χ4n) is 3.39. The second-order valence-electron chi connectivity index (χ2n) is 6.96. The SMILES string of the molecule is COc1ccc(C2Oc3cc(O)cc(O)c3CC2O)cc1OCc1ccc(O)cn1. The van der Waals surface area contributed by atoms with Crippen LogP contribution in [0.1, 0.15) is 22.9 Å². The van der Waals surface area contributed by atoms with Gasteiger partial charge in [0.15, 0.2) is 11.5 Å². The number of nitrogens with zero attached hydrogens (tertiary/aromatic N) is 1. The zero-order valence-corrected chi connectivity index (χ0v) is 16.1. The Morgan fingerprint density at radius 2 is 1.87 bits per heavy atom. The van der Waals surface area contributed by atoms with Crippen molar-refractivity contribution in [2.24, 2.45) is 0 Å². The second-order valence-corrected chi connectivity index (χ2v) is 6.96. The van der Waals surface area contributed by atoms with Crippen LogP contribution < -0.4 is 14.2 Å². The van der Waals surface area contributed by atoms with Crippen molar-refractivity contribution in [3.8, 4) is 34.5 Å². The molecular weight excluding hydrogens is 390 g/mol. The number of phenols is 2. The van der Waals surface area contributed by atoms with Gasteiger partial charge in [0.1, 0.15) is 35.7 Å². The van der Waals surface area contributed by atoms with E-state index in [1.807, 2.05) is 0 Å². The number of hydrogen-bond donors (Lipinski definition) is 4. The van der Waals surface area contributed by atoms with E-state index in [1.54, 1.807) is 24.3 Å². The molecule has 3 aromatic rings. The van der Waals surface area contributed by atoms with Crippen molar-refractivity contribution in [1.82, 2.24) is 4.98 Å². The first-order chi connectivity index (χ1) is 14.4. The number of phenolic OH excluding ortho intramolecular Hbond substituents is 2. The summed E-state index contributed by atoms with van der Waals surface area (Å²) >= 11 is 0. The van der Waals surface area contributed by atoms with Crippen LogP contribution in [0, 0.1) is 0 Å². The molecule has 4 rings (SSSR count). The molecule has 30 heavy (non-hydrogen) atoms. The Kier molecular flexibility index (Phi) is 5.24. The first kappa shape index (κ1) is 19.7. The van der Waals surface area contributed by atoms with Gasteiger partial charge in [-0.1, -0.05) is 6.07 Å². The number of ether oxygens (including phenoxy) is 3. The van der Waals surface area contributed by atoms with E-state index >= 15 is 0 Å². The predicted molar refractivity (Wildman–Crippen MR) is 106 cm³/mol. The third kappa shape index (κ3) is 3.90. The number of hydrogen-bond acceptors (Lipinski definition) is 8. The van der Waals surface area contributed by atoms with Crippen molar-refractivity contribution in [1.29, 1.82) is 0 Å². The van der Waals surface area contributed by atoms with E-state index in [2.05, 4.69) is 4.98 Å². The Labute approximate surface area is 172 Å². The molecule has 0 saturated heterocycles. The van der Waals surface area contributed by atoms with Gasteiger partial charge >= 0.3 is 0 Å². The highest BCUT2D eigenvalue weighted by Crippen LogP contribution is 2.43. The van der Waals surface area contributed by atoms with Gasteiger partial charge < -0.3 is 34.6 Å². The van der Waals surface area contributed by atoms with E-state index < -0.39 is 12.2 Å². The monoisotopic (exact) mass is 411 g/mol. The molecule has 2 aromatic carbocycles. The highest BCUT2D eigenvalue weighted by atomic mass is 16.5. The second kappa shape index (κ2) is 8.00. The van der Waals surface area contributed by atoms with Gasteiger partial charge in [0.25, 0.3) is 0 Å².